The average Bonchev–Trinajstić information content (AvgIpc) is 3.42. The van der Waals surface area contributed by atoms with Gasteiger partial charge in [-0.25, -0.2) is 4.98 Å². The van der Waals surface area contributed by atoms with Crippen molar-refractivity contribution >= 4 is 44.5 Å². The summed E-state index contributed by atoms with van der Waals surface area (Å²) in [7, 11) is 0. The molecule has 1 aliphatic heterocycles. The predicted molar refractivity (Wildman–Crippen MR) is 145 cm³/mol. The minimum atomic E-state index is -0.779. The van der Waals surface area contributed by atoms with E-state index in [0.29, 0.717) is 5.13 Å². The summed E-state index contributed by atoms with van der Waals surface area (Å²) in [6.07, 6.45) is 3.98. The molecule has 1 amide bonds. The number of carbonyl (C=O) groups is 2. The van der Waals surface area contributed by atoms with Crippen molar-refractivity contribution in [3.8, 4) is 0 Å². The van der Waals surface area contributed by atoms with Crippen molar-refractivity contribution in [2.24, 2.45) is 0 Å². The van der Waals surface area contributed by atoms with Crippen molar-refractivity contribution < 1.29 is 14.7 Å². The highest BCUT2D eigenvalue weighted by molar-refractivity contribution is 7.22. The molecule has 180 valence electrons. The van der Waals surface area contributed by atoms with Crippen LogP contribution >= 0.6 is 11.3 Å². The van der Waals surface area contributed by atoms with E-state index >= 15 is 0 Å². The molecule has 1 N–H and O–H groups in total. The van der Waals surface area contributed by atoms with Gasteiger partial charge in [0.1, 0.15) is 0 Å². The van der Waals surface area contributed by atoms with E-state index in [0.717, 1.165) is 44.5 Å². The second-order valence-corrected chi connectivity index (χ2v) is 9.98. The number of anilines is 1. The van der Waals surface area contributed by atoms with Crippen LogP contribution in [0.5, 0.6) is 0 Å². The van der Waals surface area contributed by atoms with Crippen LogP contribution < -0.4 is 4.90 Å². The Bertz CT molecular complexity index is 1530. The summed E-state index contributed by atoms with van der Waals surface area (Å²) in [5.74, 6) is -1.57. The molecule has 0 spiro atoms. The fraction of sp³-hybridized carbons (Fsp3) is 0.167. The smallest absolute Gasteiger partial charge is 0.296 e. The van der Waals surface area contributed by atoms with Gasteiger partial charge in [-0.15, -0.1) is 0 Å². The number of fused-ring (bicyclic) bond motifs is 1. The fourth-order valence-corrected chi connectivity index (χ4v) is 5.76. The largest absolute Gasteiger partial charge is 0.503 e. The second-order valence-electron chi connectivity index (χ2n) is 8.97. The van der Waals surface area contributed by atoms with Crippen LogP contribution in [0.1, 0.15) is 40.8 Å². The van der Waals surface area contributed by atoms with Crippen LogP contribution in [0.15, 0.2) is 84.1 Å². The molecule has 0 fully saturated rings. The van der Waals surface area contributed by atoms with Gasteiger partial charge in [-0.3, -0.25) is 14.5 Å². The molecule has 1 unspecified atom stereocenters. The van der Waals surface area contributed by atoms with E-state index in [-0.39, 0.29) is 5.57 Å². The Balaban J connectivity index is 1.62. The molecule has 0 bridgehead atoms. The van der Waals surface area contributed by atoms with E-state index < -0.39 is 23.5 Å². The summed E-state index contributed by atoms with van der Waals surface area (Å²) in [4.78, 5) is 33.1. The maximum Gasteiger partial charge on any atom is 0.296 e. The highest BCUT2D eigenvalue weighted by Crippen LogP contribution is 2.44. The third-order valence-electron chi connectivity index (χ3n) is 6.43. The minimum absolute atomic E-state index is 0.0589. The van der Waals surface area contributed by atoms with Crippen LogP contribution in [0.2, 0.25) is 0 Å². The van der Waals surface area contributed by atoms with Crippen molar-refractivity contribution in [3.05, 3.63) is 112 Å². The monoisotopic (exact) mass is 494 g/mol. The molecule has 2 heterocycles. The third-order valence-corrected chi connectivity index (χ3v) is 7.43. The van der Waals surface area contributed by atoms with Crippen LogP contribution in [0.25, 0.3) is 16.3 Å². The lowest BCUT2D eigenvalue weighted by Crippen LogP contribution is -2.30. The molecule has 0 saturated heterocycles. The number of nitrogens with zero attached hydrogens (tertiary/aromatic N) is 2. The minimum Gasteiger partial charge on any atom is -0.503 e. The summed E-state index contributed by atoms with van der Waals surface area (Å²) in [6.45, 7) is 6.08. The van der Waals surface area contributed by atoms with Gasteiger partial charge in [-0.05, 0) is 60.2 Å². The van der Waals surface area contributed by atoms with E-state index in [1.165, 1.54) is 22.3 Å². The number of aliphatic hydroxyl groups excluding tert-OH is 1. The standard InChI is InChI=1S/C30H26N2O3S/c1-4-20-10-13-22(14-11-20)27-25(23(33)15-12-21-8-6-5-7-9-21)28(34)29(35)32(27)30-31-26-19(3)16-18(2)17-24(26)36-30/h5-17,27,34H,4H2,1-3H3. The summed E-state index contributed by atoms with van der Waals surface area (Å²) in [5.41, 5.74) is 5.74. The number of rotatable bonds is 6. The molecule has 1 atom stereocenters. The number of hydrogen-bond donors (Lipinski definition) is 1. The molecule has 1 aliphatic rings. The van der Waals surface area contributed by atoms with Crippen molar-refractivity contribution in [1.29, 1.82) is 0 Å². The highest BCUT2D eigenvalue weighted by atomic mass is 32.1. The number of aliphatic hydroxyl groups is 1. The molecular formula is C30H26N2O3S. The van der Waals surface area contributed by atoms with E-state index in [1.807, 2.05) is 74.5 Å². The lowest BCUT2D eigenvalue weighted by atomic mass is 9.94. The van der Waals surface area contributed by atoms with Gasteiger partial charge in [-0.1, -0.05) is 85.0 Å². The number of amides is 1. The van der Waals surface area contributed by atoms with Crippen LogP contribution in [0, 0.1) is 13.8 Å². The lowest BCUT2D eigenvalue weighted by molar-refractivity contribution is -0.117. The third kappa shape index (κ3) is 4.25. The van der Waals surface area contributed by atoms with E-state index in [4.69, 9.17) is 4.98 Å². The zero-order chi connectivity index (χ0) is 25.4. The van der Waals surface area contributed by atoms with Crippen LogP contribution in [-0.4, -0.2) is 21.8 Å². The van der Waals surface area contributed by atoms with Crippen LogP contribution in [-0.2, 0) is 16.0 Å². The number of ketones is 1. The van der Waals surface area contributed by atoms with Crippen molar-refractivity contribution in [3.63, 3.8) is 0 Å². The average molecular weight is 495 g/mol. The second kappa shape index (κ2) is 9.55. The summed E-state index contributed by atoms with van der Waals surface area (Å²) < 4.78 is 0.957. The number of aryl methyl sites for hydroxylation is 3. The number of aromatic nitrogens is 1. The van der Waals surface area contributed by atoms with Gasteiger partial charge in [-0.2, -0.15) is 0 Å². The maximum atomic E-state index is 13.4. The predicted octanol–water partition coefficient (Wildman–Crippen LogP) is 6.66. The molecule has 6 heteroatoms. The molecule has 36 heavy (non-hydrogen) atoms. The van der Waals surface area contributed by atoms with E-state index in [9.17, 15) is 14.7 Å². The molecule has 0 radical (unpaired) electrons. The fourth-order valence-electron chi connectivity index (χ4n) is 4.59. The topological polar surface area (TPSA) is 70.5 Å². The highest BCUT2D eigenvalue weighted by Gasteiger charge is 2.45. The summed E-state index contributed by atoms with van der Waals surface area (Å²) in [5, 5.41) is 11.4. The Labute approximate surface area is 214 Å². The van der Waals surface area contributed by atoms with Gasteiger partial charge in [0.15, 0.2) is 16.7 Å². The molecular weight excluding hydrogens is 468 g/mol. The Morgan fingerprint density at radius 2 is 1.81 bits per heavy atom. The van der Waals surface area contributed by atoms with E-state index in [1.54, 1.807) is 6.08 Å². The van der Waals surface area contributed by atoms with Crippen molar-refractivity contribution in [2.75, 3.05) is 4.90 Å². The van der Waals surface area contributed by atoms with Crippen molar-refractivity contribution in [2.45, 2.75) is 33.2 Å². The van der Waals surface area contributed by atoms with Gasteiger partial charge in [0.2, 0.25) is 0 Å². The molecule has 5 rings (SSSR count). The first-order chi connectivity index (χ1) is 17.4. The molecule has 1 aromatic heterocycles. The number of hydrogen-bond acceptors (Lipinski definition) is 5. The first kappa shape index (κ1) is 23.7. The molecule has 0 saturated carbocycles. The number of carbonyl (C=O) groups excluding carboxylic acids is 2. The maximum absolute atomic E-state index is 13.4. The first-order valence-corrected chi connectivity index (χ1v) is 12.7. The molecule has 4 aromatic rings. The normalized spacial score (nSPS) is 16.0. The van der Waals surface area contributed by atoms with Gasteiger partial charge in [0.05, 0.1) is 21.8 Å². The van der Waals surface area contributed by atoms with Gasteiger partial charge in [0.25, 0.3) is 5.91 Å². The Kier molecular flexibility index (Phi) is 6.29. The zero-order valence-electron chi connectivity index (χ0n) is 20.4. The molecule has 3 aromatic carbocycles. The Hall–Kier alpha value is -4.03. The number of thiazole rings is 1. The van der Waals surface area contributed by atoms with Crippen LogP contribution in [0.3, 0.4) is 0 Å². The Morgan fingerprint density at radius 1 is 1.08 bits per heavy atom. The van der Waals surface area contributed by atoms with Gasteiger partial charge in [0, 0.05) is 0 Å². The summed E-state index contributed by atoms with van der Waals surface area (Å²) in [6, 6.07) is 20.6. The first-order valence-electron chi connectivity index (χ1n) is 11.9. The summed E-state index contributed by atoms with van der Waals surface area (Å²) >= 11 is 1.39. The number of allylic oxidation sites excluding steroid dienone is 1. The van der Waals surface area contributed by atoms with Gasteiger partial charge >= 0.3 is 0 Å². The van der Waals surface area contributed by atoms with Crippen LogP contribution in [0.4, 0.5) is 5.13 Å². The quantitative estimate of drug-likeness (QED) is 0.304. The SMILES string of the molecule is CCc1ccc(C2C(C(=O)C=Cc3ccccc3)=C(O)C(=O)N2c2nc3c(C)cc(C)cc3s2)cc1. The Morgan fingerprint density at radius 3 is 2.50 bits per heavy atom. The van der Waals surface area contributed by atoms with E-state index in [2.05, 4.69) is 13.0 Å². The molecule has 0 aliphatic carbocycles. The number of benzene rings is 3. The lowest BCUT2D eigenvalue weighted by Gasteiger charge is -2.24. The zero-order valence-corrected chi connectivity index (χ0v) is 21.2. The molecule has 5 nitrogen and oxygen atoms in total. The van der Waals surface area contributed by atoms with Crippen molar-refractivity contribution in [1.82, 2.24) is 4.98 Å². The van der Waals surface area contributed by atoms with Gasteiger partial charge < -0.3 is 5.11 Å².